The monoisotopic (exact) mass is 220 g/mol. The van der Waals surface area contributed by atoms with E-state index in [1.54, 1.807) is 13.2 Å². The first-order chi connectivity index (χ1) is 7.56. The number of carboxylic acid groups (broad SMARTS) is 1. The van der Waals surface area contributed by atoms with Gasteiger partial charge < -0.3 is 9.84 Å². The van der Waals surface area contributed by atoms with Crippen molar-refractivity contribution in [3.05, 3.63) is 35.4 Å². The molecule has 0 aliphatic heterocycles. The SMILES string of the molecule is COc1cccc(C)c1/C(C)=C/CC(=O)O. The predicted octanol–water partition coefficient (Wildman–Crippen LogP) is 2.88. The maximum Gasteiger partial charge on any atom is 0.307 e. The molecule has 0 heterocycles. The molecule has 0 aliphatic rings. The molecule has 0 radical (unpaired) electrons. The second-order valence-electron chi connectivity index (χ2n) is 3.64. The summed E-state index contributed by atoms with van der Waals surface area (Å²) >= 11 is 0. The van der Waals surface area contributed by atoms with E-state index in [4.69, 9.17) is 9.84 Å². The molecule has 1 rings (SSSR count). The van der Waals surface area contributed by atoms with Gasteiger partial charge in [-0.25, -0.2) is 0 Å². The molecule has 0 saturated carbocycles. The average molecular weight is 220 g/mol. The standard InChI is InChI=1S/C13H16O3/c1-9-5-4-6-11(16-3)13(9)10(2)7-8-12(14)15/h4-7H,8H2,1-3H3,(H,14,15)/b10-7+. The summed E-state index contributed by atoms with van der Waals surface area (Å²) in [5.41, 5.74) is 2.99. The number of aliphatic carboxylic acids is 1. The van der Waals surface area contributed by atoms with Crippen molar-refractivity contribution in [1.29, 1.82) is 0 Å². The number of hydrogen-bond acceptors (Lipinski definition) is 2. The third-order valence-electron chi connectivity index (χ3n) is 2.43. The Hall–Kier alpha value is -1.77. The van der Waals surface area contributed by atoms with Gasteiger partial charge in [-0.2, -0.15) is 0 Å². The molecule has 0 fully saturated rings. The molecule has 1 aromatic carbocycles. The number of carboxylic acids is 1. The summed E-state index contributed by atoms with van der Waals surface area (Å²) in [7, 11) is 1.61. The van der Waals surface area contributed by atoms with E-state index in [9.17, 15) is 4.79 Å². The summed E-state index contributed by atoms with van der Waals surface area (Å²) in [6, 6.07) is 5.78. The van der Waals surface area contributed by atoms with Gasteiger partial charge in [0, 0.05) is 5.56 Å². The van der Waals surface area contributed by atoms with Gasteiger partial charge in [-0.1, -0.05) is 18.2 Å². The van der Waals surface area contributed by atoms with E-state index in [2.05, 4.69) is 0 Å². The van der Waals surface area contributed by atoms with Crippen LogP contribution < -0.4 is 4.74 Å². The van der Waals surface area contributed by atoms with Gasteiger partial charge in [0.05, 0.1) is 13.5 Å². The Kier molecular flexibility index (Phi) is 4.11. The van der Waals surface area contributed by atoms with E-state index in [-0.39, 0.29) is 6.42 Å². The van der Waals surface area contributed by atoms with Gasteiger partial charge in [0.15, 0.2) is 0 Å². The van der Waals surface area contributed by atoms with Crippen LogP contribution >= 0.6 is 0 Å². The summed E-state index contributed by atoms with van der Waals surface area (Å²) in [6.07, 6.45) is 1.73. The number of aryl methyl sites for hydroxylation is 1. The maximum absolute atomic E-state index is 10.5. The van der Waals surface area contributed by atoms with Crippen molar-refractivity contribution in [3.63, 3.8) is 0 Å². The van der Waals surface area contributed by atoms with E-state index in [0.717, 1.165) is 22.4 Å². The lowest BCUT2D eigenvalue weighted by Gasteiger charge is -2.11. The van der Waals surface area contributed by atoms with Crippen molar-refractivity contribution in [2.75, 3.05) is 7.11 Å². The Bertz CT molecular complexity index is 419. The molecule has 0 unspecified atom stereocenters. The highest BCUT2D eigenvalue weighted by Gasteiger charge is 2.07. The van der Waals surface area contributed by atoms with Gasteiger partial charge in [-0.3, -0.25) is 4.79 Å². The Morgan fingerprint density at radius 2 is 2.19 bits per heavy atom. The van der Waals surface area contributed by atoms with Crippen LogP contribution in [0.5, 0.6) is 5.75 Å². The zero-order valence-electron chi connectivity index (χ0n) is 9.78. The zero-order valence-corrected chi connectivity index (χ0v) is 9.78. The van der Waals surface area contributed by atoms with Gasteiger partial charge in [-0.15, -0.1) is 0 Å². The van der Waals surface area contributed by atoms with Gasteiger partial charge in [0.1, 0.15) is 5.75 Å². The average Bonchev–Trinajstić information content (AvgIpc) is 2.25. The molecule has 16 heavy (non-hydrogen) atoms. The van der Waals surface area contributed by atoms with Gasteiger partial charge in [-0.05, 0) is 31.1 Å². The van der Waals surface area contributed by atoms with Crippen LogP contribution in [0.2, 0.25) is 0 Å². The lowest BCUT2D eigenvalue weighted by atomic mass is 10.00. The van der Waals surface area contributed by atoms with Crippen LogP contribution in [-0.4, -0.2) is 18.2 Å². The van der Waals surface area contributed by atoms with Crippen LogP contribution in [0, 0.1) is 6.92 Å². The molecule has 86 valence electrons. The molecule has 0 amide bonds. The quantitative estimate of drug-likeness (QED) is 0.848. The molecule has 0 aliphatic carbocycles. The van der Waals surface area contributed by atoms with Crippen molar-refractivity contribution < 1.29 is 14.6 Å². The number of rotatable bonds is 4. The number of methoxy groups -OCH3 is 1. The Balaban J connectivity index is 3.11. The molecule has 0 spiro atoms. The van der Waals surface area contributed by atoms with Gasteiger partial charge in [0.2, 0.25) is 0 Å². The van der Waals surface area contributed by atoms with Crippen LogP contribution in [0.25, 0.3) is 5.57 Å². The minimum Gasteiger partial charge on any atom is -0.496 e. The fourth-order valence-electron chi connectivity index (χ4n) is 1.66. The van der Waals surface area contributed by atoms with Crippen LogP contribution in [-0.2, 0) is 4.79 Å². The van der Waals surface area contributed by atoms with Crippen LogP contribution in [0.3, 0.4) is 0 Å². The lowest BCUT2D eigenvalue weighted by molar-refractivity contribution is -0.135. The molecular formula is C13H16O3. The lowest BCUT2D eigenvalue weighted by Crippen LogP contribution is -1.95. The number of benzene rings is 1. The van der Waals surface area contributed by atoms with Crippen LogP contribution in [0.4, 0.5) is 0 Å². The van der Waals surface area contributed by atoms with Crippen LogP contribution in [0.15, 0.2) is 24.3 Å². The minimum absolute atomic E-state index is 0.0311. The smallest absolute Gasteiger partial charge is 0.307 e. The van der Waals surface area contributed by atoms with Crippen molar-refractivity contribution in [2.45, 2.75) is 20.3 Å². The van der Waals surface area contributed by atoms with Crippen molar-refractivity contribution in [3.8, 4) is 5.75 Å². The summed E-state index contributed by atoms with van der Waals surface area (Å²) in [5, 5.41) is 8.63. The second kappa shape index (κ2) is 5.35. The summed E-state index contributed by atoms with van der Waals surface area (Å²) in [5.74, 6) is -0.0500. The molecule has 0 atom stereocenters. The molecule has 3 nitrogen and oxygen atoms in total. The molecule has 1 aromatic rings. The van der Waals surface area contributed by atoms with E-state index < -0.39 is 5.97 Å². The molecular weight excluding hydrogens is 204 g/mol. The van der Waals surface area contributed by atoms with Gasteiger partial charge in [0.25, 0.3) is 0 Å². The topological polar surface area (TPSA) is 46.5 Å². The fourth-order valence-corrected chi connectivity index (χ4v) is 1.66. The summed E-state index contributed by atoms with van der Waals surface area (Å²) in [6.45, 7) is 3.88. The predicted molar refractivity (Wildman–Crippen MR) is 63.6 cm³/mol. The van der Waals surface area contributed by atoms with E-state index in [0.29, 0.717) is 0 Å². The zero-order chi connectivity index (χ0) is 12.1. The fraction of sp³-hybridized carbons (Fsp3) is 0.308. The number of ether oxygens (including phenoxy) is 1. The summed E-state index contributed by atoms with van der Waals surface area (Å²) < 4.78 is 5.27. The first-order valence-corrected chi connectivity index (χ1v) is 5.08. The van der Waals surface area contributed by atoms with Crippen LogP contribution in [0.1, 0.15) is 24.5 Å². The van der Waals surface area contributed by atoms with E-state index in [1.165, 1.54) is 0 Å². The minimum atomic E-state index is -0.827. The Morgan fingerprint density at radius 1 is 1.50 bits per heavy atom. The highest BCUT2D eigenvalue weighted by Crippen LogP contribution is 2.29. The van der Waals surface area contributed by atoms with Crippen molar-refractivity contribution >= 4 is 11.5 Å². The van der Waals surface area contributed by atoms with E-state index in [1.807, 2.05) is 32.0 Å². The Labute approximate surface area is 95.4 Å². The highest BCUT2D eigenvalue weighted by atomic mass is 16.5. The molecule has 3 heteroatoms. The first-order valence-electron chi connectivity index (χ1n) is 5.08. The Morgan fingerprint density at radius 3 is 2.75 bits per heavy atom. The molecule has 0 saturated heterocycles. The molecule has 0 bridgehead atoms. The molecule has 1 N–H and O–H groups in total. The second-order valence-corrected chi connectivity index (χ2v) is 3.64. The third kappa shape index (κ3) is 2.86. The normalized spacial score (nSPS) is 11.3. The maximum atomic E-state index is 10.5. The number of allylic oxidation sites excluding steroid dienone is 1. The highest BCUT2D eigenvalue weighted by molar-refractivity contribution is 5.76. The third-order valence-corrected chi connectivity index (χ3v) is 2.43. The molecule has 0 aromatic heterocycles. The number of hydrogen-bond donors (Lipinski definition) is 1. The largest absolute Gasteiger partial charge is 0.496 e. The summed E-state index contributed by atoms with van der Waals surface area (Å²) in [4.78, 5) is 10.5. The first kappa shape index (κ1) is 12.3. The van der Waals surface area contributed by atoms with E-state index >= 15 is 0 Å². The van der Waals surface area contributed by atoms with Crippen molar-refractivity contribution in [1.82, 2.24) is 0 Å². The van der Waals surface area contributed by atoms with Crippen molar-refractivity contribution in [2.24, 2.45) is 0 Å². The number of carbonyl (C=O) groups is 1. The van der Waals surface area contributed by atoms with Gasteiger partial charge >= 0.3 is 5.97 Å².